The van der Waals surface area contributed by atoms with E-state index in [1.807, 2.05) is 22.6 Å². The molecule has 3 rings (SSSR count). The first-order valence-corrected chi connectivity index (χ1v) is 12.1. The topological polar surface area (TPSA) is 66.8 Å². The number of thioether (sulfide) groups is 1. The first kappa shape index (κ1) is 21.5. The van der Waals surface area contributed by atoms with Crippen LogP contribution in [0, 0.1) is 9.39 Å². The fraction of sp³-hybridized carbons (Fsp3) is 0.0588. The summed E-state index contributed by atoms with van der Waals surface area (Å²) in [5, 5.41) is -0.0216. The molecule has 146 valence electrons. The lowest BCUT2D eigenvalue weighted by Crippen LogP contribution is -2.29. The van der Waals surface area contributed by atoms with Crippen LogP contribution in [0.3, 0.4) is 0 Å². The highest BCUT2D eigenvalue weighted by atomic mass is 127. The van der Waals surface area contributed by atoms with E-state index in [0.717, 1.165) is 23.1 Å². The zero-order valence-corrected chi connectivity index (χ0v) is 19.3. The highest BCUT2D eigenvalue weighted by Gasteiger charge is 2.34. The molecule has 0 unspecified atom stereocenters. The average Bonchev–Trinajstić information content (AvgIpc) is 3.19. The van der Waals surface area contributed by atoms with E-state index in [2.05, 4.69) is 11.0 Å². The fourth-order valence-electron chi connectivity index (χ4n) is 2.22. The summed E-state index contributed by atoms with van der Waals surface area (Å²) in [6, 6.07) is 7.62. The second-order valence-corrected chi connectivity index (χ2v) is 11.1. The summed E-state index contributed by atoms with van der Waals surface area (Å²) in [5.41, 5.74) is 0.232. The lowest BCUT2D eigenvalue weighted by molar-refractivity contribution is -0.121. The van der Waals surface area contributed by atoms with Crippen molar-refractivity contribution in [1.29, 1.82) is 0 Å². The Bertz CT molecular complexity index is 1130. The van der Waals surface area contributed by atoms with Crippen molar-refractivity contribution in [2.45, 2.75) is 4.21 Å². The monoisotopic (exact) mass is 568 g/mol. The van der Waals surface area contributed by atoms with Crippen LogP contribution >= 0.6 is 57.3 Å². The maximum atomic E-state index is 14.3. The molecule has 2 heterocycles. The summed E-state index contributed by atoms with van der Waals surface area (Å²) in [6.07, 6.45) is 2.84. The van der Waals surface area contributed by atoms with Crippen LogP contribution in [0.4, 0.5) is 4.39 Å². The van der Waals surface area contributed by atoms with Crippen molar-refractivity contribution in [2.24, 2.45) is 4.40 Å². The van der Waals surface area contributed by atoms with E-state index in [0.29, 0.717) is 7.91 Å². The number of carbonyl (C=O) groups is 1. The number of thiophene rings is 1. The minimum Gasteiger partial charge on any atom is -0.282 e. The van der Waals surface area contributed by atoms with Crippen molar-refractivity contribution in [3.63, 3.8) is 0 Å². The molecule has 11 heteroatoms. The van der Waals surface area contributed by atoms with Crippen molar-refractivity contribution in [3.05, 3.63) is 67.2 Å². The third-order valence-electron chi connectivity index (χ3n) is 3.47. The van der Waals surface area contributed by atoms with Gasteiger partial charge in [0.25, 0.3) is 15.9 Å². The molecule has 0 aliphatic carbocycles. The van der Waals surface area contributed by atoms with E-state index >= 15 is 0 Å². The van der Waals surface area contributed by atoms with Crippen LogP contribution < -0.4 is 0 Å². The second kappa shape index (κ2) is 8.66. The van der Waals surface area contributed by atoms with E-state index in [9.17, 15) is 17.6 Å². The lowest BCUT2D eigenvalue weighted by atomic mass is 10.2. The Labute approximate surface area is 188 Å². The number of amides is 1. The number of halogens is 3. The molecule has 1 aliphatic rings. The largest absolute Gasteiger partial charge is 0.294 e. The van der Waals surface area contributed by atoms with Gasteiger partial charge in [0.2, 0.25) is 0 Å². The molecule has 5 nitrogen and oxygen atoms in total. The highest BCUT2D eigenvalue weighted by molar-refractivity contribution is 14.1. The van der Waals surface area contributed by atoms with Gasteiger partial charge >= 0.3 is 0 Å². The molecule has 1 aromatic heterocycles. The predicted molar refractivity (Wildman–Crippen MR) is 121 cm³/mol. The van der Waals surface area contributed by atoms with Gasteiger partial charge in [0.05, 0.1) is 9.24 Å². The van der Waals surface area contributed by atoms with Gasteiger partial charge in [-0.3, -0.25) is 9.69 Å². The van der Waals surface area contributed by atoms with Crippen molar-refractivity contribution in [1.82, 2.24) is 4.90 Å². The third-order valence-corrected chi connectivity index (χ3v) is 8.39. The SMILES string of the molecule is C=CCN1C(=O)/C(=C/c2cccc(I)c2F)S/C1=N/S(=O)(=O)c1ccc(Cl)s1. The Hall–Kier alpha value is -1.21. The van der Waals surface area contributed by atoms with E-state index < -0.39 is 21.7 Å². The highest BCUT2D eigenvalue weighted by Crippen LogP contribution is 2.35. The van der Waals surface area contributed by atoms with Crippen molar-refractivity contribution in [2.75, 3.05) is 6.54 Å². The van der Waals surface area contributed by atoms with Crippen LogP contribution in [-0.4, -0.2) is 30.9 Å². The molecule has 28 heavy (non-hydrogen) atoms. The first-order chi connectivity index (χ1) is 13.2. The summed E-state index contributed by atoms with van der Waals surface area (Å²) in [4.78, 5) is 14.1. The van der Waals surface area contributed by atoms with Crippen LogP contribution in [0.15, 0.2) is 56.5 Å². The molecule has 0 radical (unpaired) electrons. The van der Waals surface area contributed by atoms with Gasteiger partial charge in [0.15, 0.2) is 5.17 Å². The predicted octanol–water partition coefficient (Wildman–Crippen LogP) is 4.99. The van der Waals surface area contributed by atoms with Gasteiger partial charge in [-0.05, 0) is 58.6 Å². The number of rotatable bonds is 5. The molecule has 2 aromatic rings. The average molecular weight is 569 g/mol. The van der Waals surface area contributed by atoms with Crippen LogP contribution in [0.25, 0.3) is 6.08 Å². The number of hydrogen-bond acceptors (Lipinski definition) is 5. The van der Waals surface area contributed by atoms with Crippen LogP contribution in [-0.2, 0) is 14.8 Å². The lowest BCUT2D eigenvalue weighted by Gasteiger charge is -2.12. The van der Waals surface area contributed by atoms with Gasteiger partial charge in [-0.1, -0.05) is 29.8 Å². The number of benzene rings is 1. The Morgan fingerprint density at radius 3 is 2.71 bits per heavy atom. The van der Waals surface area contributed by atoms with E-state index in [1.165, 1.54) is 35.3 Å². The van der Waals surface area contributed by atoms with Crippen LogP contribution in [0.5, 0.6) is 0 Å². The fourth-order valence-corrected chi connectivity index (χ4v) is 6.38. The molecule has 0 atom stereocenters. The molecule has 1 saturated heterocycles. The second-order valence-electron chi connectivity index (χ2n) is 5.37. The van der Waals surface area contributed by atoms with Crippen molar-refractivity contribution in [3.8, 4) is 0 Å². The summed E-state index contributed by atoms with van der Waals surface area (Å²) >= 11 is 9.40. The zero-order chi connectivity index (χ0) is 20.5. The quantitative estimate of drug-likeness (QED) is 0.290. The van der Waals surface area contributed by atoms with E-state index in [1.54, 1.807) is 12.1 Å². The number of amidine groups is 1. The molecule has 0 spiro atoms. The van der Waals surface area contributed by atoms with Gasteiger partial charge in [0.1, 0.15) is 10.0 Å². The molecular formula is C17H11ClFIN2O3S3. The smallest absolute Gasteiger partial charge is 0.282 e. The van der Waals surface area contributed by atoms with Gasteiger partial charge in [-0.2, -0.15) is 8.42 Å². The molecule has 1 amide bonds. The molecule has 0 bridgehead atoms. The van der Waals surface area contributed by atoms with Crippen molar-refractivity contribution < 1.29 is 17.6 Å². The van der Waals surface area contributed by atoms with Crippen molar-refractivity contribution >= 4 is 84.5 Å². The molecule has 0 saturated carbocycles. The Morgan fingerprint density at radius 1 is 1.32 bits per heavy atom. The Balaban J connectivity index is 2.02. The number of nitrogens with zero attached hydrogens (tertiary/aromatic N) is 2. The van der Waals surface area contributed by atoms with Gasteiger partial charge in [0, 0.05) is 15.7 Å². The summed E-state index contributed by atoms with van der Waals surface area (Å²) in [7, 11) is -4.04. The number of sulfonamides is 1. The standard InChI is InChI=1S/C17H11ClFIN2O3S3/c1-2-8-22-16(23)12(9-10-4-3-5-11(20)15(10)19)26-17(22)21-28(24,25)14-7-6-13(18)27-14/h2-7,9H,1,8H2/b12-9-,21-17+. The van der Waals surface area contributed by atoms with E-state index in [-0.39, 0.29) is 26.4 Å². The first-order valence-electron chi connectivity index (χ1n) is 7.59. The summed E-state index contributed by atoms with van der Waals surface area (Å²) < 4.78 is 43.8. The van der Waals surface area contributed by atoms with E-state index in [4.69, 9.17) is 11.6 Å². The minimum atomic E-state index is -4.04. The normalized spacial score (nSPS) is 17.7. The maximum absolute atomic E-state index is 14.3. The summed E-state index contributed by atoms with van der Waals surface area (Å²) in [5.74, 6) is -0.924. The Morgan fingerprint density at radius 2 is 2.07 bits per heavy atom. The van der Waals surface area contributed by atoms with Crippen LogP contribution in [0.2, 0.25) is 4.34 Å². The molecular weight excluding hydrogens is 558 g/mol. The molecule has 1 fully saturated rings. The maximum Gasteiger partial charge on any atom is 0.294 e. The van der Waals surface area contributed by atoms with Crippen LogP contribution in [0.1, 0.15) is 5.56 Å². The number of carbonyl (C=O) groups excluding carboxylic acids is 1. The minimum absolute atomic E-state index is 0.0216. The van der Waals surface area contributed by atoms with Gasteiger partial charge in [-0.25, -0.2) is 4.39 Å². The van der Waals surface area contributed by atoms with Gasteiger partial charge < -0.3 is 0 Å². The molecule has 0 N–H and O–H groups in total. The third kappa shape index (κ3) is 4.51. The molecule has 1 aromatic carbocycles. The summed E-state index contributed by atoms with van der Waals surface area (Å²) in [6.45, 7) is 3.65. The molecule has 1 aliphatic heterocycles. The Kier molecular flexibility index (Phi) is 6.65. The zero-order valence-electron chi connectivity index (χ0n) is 13.9. The number of hydrogen-bond donors (Lipinski definition) is 0. The van der Waals surface area contributed by atoms with Gasteiger partial charge in [-0.15, -0.1) is 22.3 Å².